The second-order valence-electron chi connectivity index (χ2n) is 2.12. The smallest absolute Gasteiger partial charge is 0.322 e. The Labute approximate surface area is 69.1 Å². The summed E-state index contributed by atoms with van der Waals surface area (Å²) in [6.45, 7) is 1.93. The van der Waals surface area contributed by atoms with Crippen LogP contribution in [0.4, 0.5) is 0 Å². The van der Waals surface area contributed by atoms with Crippen molar-refractivity contribution in [2.24, 2.45) is 16.1 Å². The van der Waals surface area contributed by atoms with Crippen LogP contribution in [-0.4, -0.2) is 18.5 Å². The molecule has 1 heterocycles. The molecule has 1 rings (SSSR count). The van der Waals surface area contributed by atoms with Crippen molar-refractivity contribution in [2.75, 3.05) is 6.61 Å². The second kappa shape index (κ2) is 3.75. The summed E-state index contributed by atoms with van der Waals surface area (Å²) < 4.78 is 4.64. The molecule has 0 bridgehead atoms. The van der Waals surface area contributed by atoms with Gasteiger partial charge in [0, 0.05) is 6.20 Å². The van der Waals surface area contributed by atoms with Crippen LogP contribution in [0.1, 0.15) is 6.92 Å². The number of carbonyl (C=O) groups excluding carboxylic acids is 2. The molecule has 0 fully saturated rings. The maximum atomic E-state index is 11.0. The third-order valence-corrected chi connectivity index (χ3v) is 1.31. The Bertz CT molecular complexity index is 257. The van der Waals surface area contributed by atoms with E-state index in [0.29, 0.717) is 0 Å². The largest absolute Gasteiger partial charge is 0.465 e. The molecule has 0 aromatic heterocycles. The van der Waals surface area contributed by atoms with Crippen molar-refractivity contribution in [3.63, 3.8) is 0 Å². The molecule has 0 aliphatic carbocycles. The first-order chi connectivity index (χ1) is 5.75. The first-order valence-corrected chi connectivity index (χ1v) is 3.53. The zero-order valence-electron chi connectivity index (χ0n) is 6.56. The van der Waals surface area contributed by atoms with Gasteiger partial charge in [-0.1, -0.05) is 0 Å². The quantitative estimate of drug-likeness (QED) is 0.449. The van der Waals surface area contributed by atoms with Crippen LogP contribution in [0.15, 0.2) is 22.5 Å². The van der Waals surface area contributed by atoms with Crippen LogP contribution in [0.5, 0.6) is 0 Å². The third-order valence-electron chi connectivity index (χ3n) is 1.31. The summed E-state index contributed by atoms with van der Waals surface area (Å²) in [5.41, 5.74) is 0. The van der Waals surface area contributed by atoms with E-state index >= 15 is 0 Å². The monoisotopic (exact) mass is 168 g/mol. The van der Waals surface area contributed by atoms with E-state index in [-0.39, 0.29) is 6.61 Å². The number of nitrogens with zero attached hydrogens (tertiary/aromatic N) is 2. The highest BCUT2D eigenvalue weighted by Crippen LogP contribution is 2.09. The van der Waals surface area contributed by atoms with Crippen LogP contribution in [0.25, 0.3) is 0 Å². The highest BCUT2D eigenvalue weighted by atomic mass is 16.5. The van der Waals surface area contributed by atoms with Gasteiger partial charge < -0.3 is 4.74 Å². The summed E-state index contributed by atoms with van der Waals surface area (Å²) in [5, 5.41) is 6.55. The average Bonchev–Trinajstić information content (AvgIpc) is 2.05. The van der Waals surface area contributed by atoms with E-state index in [1.54, 1.807) is 6.92 Å². The Balaban J connectivity index is 2.63. The minimum Gasteiger partial charge on any atom is -0.465 e. The van der Waals surface area contributed by atoms with Crippen molar-refractivity contribution in [2.45, 2.75) is 6.92 Å². The van der Waals surface area contributed by atoms with Gasteiger partial charge in [0.1, 0.15) is 0 Å². The molecule has 0 N–H and O–H groups in total. The molecular formula is C7H8N2O3. The van der Waals surface area contributed by atoms with Crippen molar-refractivity contribution in [3.8, 4) is 0 Å². The summed E-state index contributed by atoms with van der Waals surface area (Å²) in [6.07, 6.45) is 2.68. The molecule has 0 saturated heterocycles. The molecule has 12 heavy (non-hydrogen) atoms. The SMILES string of the molecule is CCOC(=O)C1C=CN=NC1=O. The summed E-state index contributed by atoms with van der Waals surface area (Å²) in [4.78, 5) is 21.9. The van der Waals surface area contributed by atoms with Gasteiger partial charge in [0.2, 0.25) is 0 Å². The highest BCUT2D eigenvalue weighted by molar-refractivity contribution is 6.00. The first-order valence-electron chi connectivity index (χ1n) is 3.53. The number of carbonyl (C=O) groups is 2. The second-order valence-corrected chi connectivity index (χ2v) is 2.12. The Morgan fingerprint density at radius 1 is 1.75 bits per heavy atom. The Hall–Kier alpha value is -1.52. The fourth-order valence-corrected chi connectivity index (χ4v) is 0.771. The van der Waals surface area contributed by atoms with Gasteiger partial charge in [0.25, 0.3) is 5.91 Å². The molecule has 1 aliphatic rings. The van der Waals surface area contributed by atoms with Gasteiger partial charge in [-0.3, -0.25) is 9.59 Å². The van der Waals surface area contributed by atoms with E-state index in [2.05, 4.69) is 15.0 Å². The van der Waals surface area contributed by atoms with E-state index in [1.807, 2.05) is 0 Å². The topological polar surface area (TPSA) is 68.1 Å². The number of hydrogen-bond acceptors (Lipinski definition) is 4. The van der Waals surface area contributed by atoms with Crippen molar-refractivity contribution >= 4 is 11.9 Å². The maximum absolute atomic E-state index is 11.0. The van der Waals surface area contributed by atoms with Crippen LogP contribution >= 0.6 is 0 Å². The zero-order valence-corrected chi connectivity index (χ0v) is 6.56. The van der Waals surface area contributed by atoms with E-state index < -0.39 is 17.8 Å². The van der Waals surface area contributed by atoms with Crippen molar-refractivity contribution in [1.29, 1.82) is 0 Å². The predicted octanol–water partition coefficient (Wildman–Crippen LogP) is 0.672. The molecule has 0 radical (unpaired) electrons. The lowest BCUT2D eigenvalue weighted by atomic mass is 10.1. The van der Waals surface area contributed by atoms with Gasteiger partial charge in [-0.05, 0) is 13.0 Å². The van der Waals surface area contributed by atoms with Crippen LogP contribution in [0.3, 0.4) is 0 Å². The van der Waals surface area contributed by atoms with E-state index in [4.69, 9.17) is 0 Å². The van der Waals surface area contributed by atoms with Crippen LogP contribution in [0.2, 0.25) is 0 Å². The molecule has 0 saturated carbocycles. The summed E-state index contributed by atoms with van der Waals surface area (Å²) in [6, 6.07) is 0. The fraction of sp³-hybridized carbons (Fsp3) is 0.429. The minimum atomic E-state index is -0.901. The number of amides is 1. The Morgan fingerprint density at radius 2 is 2.50 bits per heavy atom. The maximum Gasteiger partial charge on any atom is 0.322 e. The fourth-order valence-electron chi connectivity index (χ4n) is 0.771. The predicted molar refractivity (Wildman–Crippen MR) is 39.1 cm³/mol. The van der Waals surface area contributed by atoms with Gasteiger partial charge in [-0.15, -0.1) is 5.11 Å². The summed E-state index contributed by atoms with van der Waals surface area (Å²) in [5.74, 6) is -2.05. The van der Waals surface area contributed by atoms with Crippen LogP contribution < -0.4 is 0 Å². The molecule has 1 amide bonds. The van der Waals surface area contributed by atoms with Gasteiger partial charge >= 0.3 is 5.97 Å². The molecule has 0 spiro atoms. The number of azo groups is 1. The normalized spacial score (nSPS) is 21.1. The number of rotatable bonds is 2. The van der Waals surface area contributed by atoms with Crippen LogP contribution in [0, 0.1) is 5.92 Å². The average molecular weight is 168 g/mol. The van der Waals surface area contributed by atoms with Crippen molar-refractivity contribution < 1.29 is 14.3 Å². The molecule has 1 aliphatic heterocycles. The zero-order chi connectivity index (χ0) is 8.97. The van der Waals surface area contributed by atoms with Gasteiger partial charge in [-0.25, -0.2) is 0 Å². The molecule has 5 heteroatoms. The molecular weight excluding hydrogens is 160 g/mol. The number of ether oxygens (including phenoxy) is 1. The Kier molecular flexibility index (Phi) is 2.68. The minimum absolute atomic E-state index is 0.258. The molecule has 0 aromatic rings. The van der Waals surface area contributed by atoms with E-state index in [1.165, 1.54) is 12.3 Å². The molecule has 0 aromatic carbocycles. The number of hydrogen-bond donors (Lipinski definition) is 0. The molecule has 1 unspecified atom stereocenters. The van der Waals surface area contributed by atoms with Crippen LogP contribution in [-0.2, 0) is 14.3 Å². The Morgan fingerprint density at radius 3 is 3.08 bits per heavy atom. The number of esters is 1. The highest BCUT2D eigenvalue weighted by Gasteiger charge is 2.26. The standard InChI is InChI=1S/C7H8N2O3/c1-2-12-7(11)5-3-4-8-9-6(5)10/h3-5H,2H2,1H3. The first kappa shape index (κ1) is 8.58. The summed E-state index contributed by atoms with van der Waals surface area (Å²) >= 11 is 0. The van der Waals surface area contributed by atoms with Gasteiger partial charge in [0.15, 0.2) is 5.92 Å². The van der Waals surface area contributed by atoms with Gasteiger partial charge in [0.05, 0.1) is 6.61 Å². The van der Waals surface area contributed by atoms with E-state index in [0.717, 1.165) is 0 Å². The van der Waals surface area contributed by atoms with Gasteiger partial charge in [-0.2, -0.15) is 5.11 Å². The molecule has 5 nitrogen and oxygen atoms in total. The lowest BCUT2D eigenvalue weighted by Gasteiger charge is -2.07. The van der Waals surface area contributed by atoms with Crippen molar-refractivity contribution in [3.05, 3.63) is 12.3 Å². The lowest BCUT2D eigenvalue weighted by molar-refractivity contribution is -0.149. The molecule has 1 atom stereocenters. The lowest BCUT2D eigenvalue weighted by Crippen LogP contribution is -2.23. The summed E-state index contributed by atoms with van der Waals surface area (Å²) in [7, 11) is 0. The third kappa shape index (κ3) is 1.75. The van der Waals surface area contributed by atoms with E-state index in [9.17, 15) is 9.59 Å². The molecule has 64 valence electrons. The van der Waals surface area contributed by atoms with Crippen molar-refractivity contribution in [1.82, 2.24) is 0 Å².